The van der Waals surface area contributed by atoms with E-state index in [1.165, 1.54) is 51.9 Å². The molecule has 148 valence electrons. The Balaban J connectivity index is 1.46. The first kappa shape index (κ1) is 19.8. The van der Waals surface area contributed by atoms with Gasteiger partial charge in [0.15, 0.2) is 0 Å². The molecule has 0 aliphatic carbocycles. The standard InChI is InChI=1S/C20H37N5O/c1-17(26)19-14-25(22-21-19)18-8-12-24(13-9-18)16-20(2,3)15-23-10-6-4-5-7-11-23/h14,17-18,26H,4-13,15-16H2,1-3H3. The molecular formula is C20H37N5O. The van der Waals surface area contributed by atoms with E-state index in [4.69, 9.17) is 0 Å². The number of piperidine rings is 1. The molecule has 1 atom stereocenters. The number of rotatable bonds is 6. The first-order chi connectivity index (χ1) is 12.4. The third-order valence-electron chi connectivity index (χ3n) is 5.89. The van der Waals surface area contributed by atoms with Gasteiger partial charge in [-0.15, -0.1) is 5.10 Å². The van der Waals surface area contributed by atoms with Crippen molar-refractivity contribution in [1.29, 1.82) is 0 Å². The van der Waals surface area contributed by atoms with Crippen LogP contribution >= 0.6 is 0 Å². The lowest BCUT2D eigenvalue weighted by Crippen LogP contribution is -2.45. The fraction of sp³-hybridized carbons (Fsp3) is 0.900. The Labute approximate surface area is 158 Å². The van der Waals surface area contributed by atoms with E-state index in [9.17, 15) is 5.11 Å². The number of aromatic nitrogens is 3. The molecule has 1 aromatic heterocycles. The highest BCUT2D eigenvalue weighted by Crippen LogP contribution is 2.27. The van der Waals surface area contributed by atoms with Crippen LogP contribution in [0, 0.1) is 5.41 Å². The van der Waals surface area contributed by atoms with Crippen molar-refractivity contribution < 1.29 is 5.11 Å². The molecule has 0 bridgehead atoms. The summed E-state index contributed by atoms with van der Waals surface area (Å²) in [5.41, 5.74) is 1.01. The second kappa shape index (κ2) is 8.81. The van der Waals surface area contributed by atoms with Gasteiger partial charge >= 0.3 is 0 Å². The van der Waals surface area contributed by atoms with Crippen molar-refractivity contribution in [3.05, 3.63) is 11.9 Å². The van der Waals surface area contributed by atoms with Gasteiger partial charge in [0.25, 0.3) is 0 Å². The summed E-state index contributed by atoms with van der Waals surface area (Å²) in [6.45, 7) is 13.8. The number of hydrogen-bond acceptors (Lipinski definition) is 5. The fourth-order valence-corrected chi connectivity index (χ4v) is 4.56. The summed E-state index contributed by atoms with van der Waals surface area (Å²) in [5.74, 6) is 0. The molecule has 3 heterocycles. The number of nitrogens with zero attached hydrogens (tertiary/aromatic N) is 5. The summed E-state index contributed by atoms with van der Waals surface area (Å²) in [5, 5.41) is 17.9. The first-order valence-corrected chi connectivity index (χ1v) is 10.5. The Hall–Kier alpha value is -0.980. The van der Waals surface area contributed by atoms with Crippen molar-refractivity contribution in [1.82, 2.24) is 24.8 Å². The summed E-state index contributed by atoms with van der Waals surface area (Å²) >= 11 is 0. The van der Waals surface area contributed by atoms with Crippen molar-refractivity contribution in [3.8, 4) is 0 Å². The number of aliphatic hydroxyl groups excluding tert-OH is 1. The topological polar surface area (TPSA) is 57.4 Å². The van der Waals surface area contributed by atoms with Crippen LogP contribution in [0.25, 0.3) is 0 Å². The molecule has 2 aliphatic rings. The van der Waals surface area contributed by atoms with E-state index in [1.54, 1.807) is 6.92 Å². The SMILES string of the molecule is CC(O)c1cn(C2CCN(CC(C)(C)CN3CCCCCC3)CC2)nn1. The minimum absolute atomic E-state index is 0.337. The minimum Gasteiger partial charge on any atom is -0.387 e. The van der Waals surface area contributed by atoms with Crippen LogP contribution in [0.5, 0.6) is 0 Å². The largest absolute Gasteiger partial charge is 0.387 e. The molecule has 0 spiro atoms. The van der Waals surface area contributed by atoms with Gasteiger partial charge < -0.3 is 14.9 Å². The predicted octanol–water partition coefficient (Wildman–Crippen LogP) is 2.87. The number of aliphatic hydroxyl groups is 1. The highest BCUT2D eigenvalue weighted by molar-refractivity contribution is 4.97. The Morgan fingerprint density at radius 3 is 2.15 bits per heavy atom. The van der Waals surface area contributed by atoms with Crippen LogP contribution in [0.1, 0.15) is 77.1 Å². The molecular weight excluding hydrogens is 326 g/mol. The summed E-state index contributed by atoms with van der Waals surface area (Å²) in [7, 11) is 0. The summed E-state index contributed by atoms with van der Waals surface area (Å²) < 4.78 is 1.96. The van der Waals surface area contributed by atoms with Gasteiger partial charge in [0, 0.05) is 26.2 Å². The summed E-state index contributed by atoms with van der Waals surface area (Å²) in [4.78, 5) is 5.31. The molecule has 6 heteroatoms. The van der Waals surface area contributed by atoms with Crippen LogP contribution in [-0.2, 0) is 0 Å². The molecule has 2 saturated heterocycles. The van der Waals surface area contributed by atoms with Gasteiger partial charge in [-0.2, -0.15) is 0 Å². The monoisotopic (exact) mass is 363 g/mol. The highest BCUT2D eigenvalue weighted by Gasteiger charge is 2.28. The average molecular weight is 364 g/mol. The molecule has 2 fully saturated rings. The second-order valence-electron chi connectivity index (χ2n) is 9.16. The van der Waals surface area contributed by atoms with Gasteiger partial charge in [-0.25, -0.2) is 4.68 Å². The maximum Gasteiger partial charge on any atom is 0.111 e. The molecule has 1 N–H and O–H groups in total. The molecule has 0 aromatic carbocycles. The molecule has 0 radical (unpaired) electrons. The van der Waals surface area contributed by atoms with Crippen LogP contribution in [-0.4, -0.2) is 69.2 Å². The van der Waals surface area contributed by atoms with E-state index in [0.717, 1.165) is 25.9 Å². The van der Waals surface area contributed by atoms with Crippen LogP contribution in [0.3, 0.4) is 0 Å². The molecule has 3 rings (SSSR count). The fourth-order valence-electron chi connectivity index (χ4n) is 4.56. The zero-order valence-electron chi connectivity index (χ0n) is 16.9. The predicted molar refractivity (Wildman–Crippen MR) is 104 cm³/mol. The van der Waals surface area contributed by atoms with Crippen LogP contribution in [0.15, 0.2) is 6.20 Å². The van der Waals surface area contributed by atoms with Gasteiger partial charge in [-0.1, -0.05) is 31.9 Å². The van der Waals surface area contributed by atoms with Gasteiger partial charge in [0.05, 0.1) is 18.3 Å². The normalized spacial score (nSPS) is 23.1. The van der Waals surface area contributed by atoms with E-state index in [1.807, 2.05) is 10.9 Å². The molecule has 6 nitrogen and oxygen atoms in total. The van der Waals surface area contributed by atoms with E-state index in [2.05, 4.69) is 34.0 Å². The van der Waals surface area contributed by atoms with Gasteiger partial charge in [-0.3, -0.25) is 0 Å². The van der Waals surface area contributed by atoms with E-state index in [-0.39, 0.29) is 0 Å². The Bertz CT molecular complexity index is 540. The molecule has 2 aliphatic heterocycles. The second-order valence-corrected chi connectivity index (χ2v) is 9.16. The van der Waals surface area contributed by atoms with E-state index in [0.29, 0.717) is 17.2 Å². The first-order valence-electron chi connectivity index (χ1n) is 10.5. The molecule has 26 heavy (non-hydrogen) atoms. The summed E-state index contributed by atoms with van der Waals surface area (Å²) in [6.07, 6.45) is 9.15. The van der Waals surface area contributed by atoms with Gasteiger partial charge in [0.2, 0.25) is 0 Å². The molecule has 1 aromatic rings. The molecule has 0 saturated carbocycles. The van der Waals surface area contributed by atoms with Crippen LogP contribution in [0.2, 0.25) is 0 Å². The lowest BCUT2D eigenvalue weighted by Gasteiger charge is -2.39. The van der Waals surface area contributed by atoms with Crippen molar-refractivity contribution in [3.63, 3.8) is 0 Å². The van der Waals surface area contributed by atoms with Crippen molar-refractivity contribution in [2.24, 2.45) is 5.41 Å². The van der Waals surface area contributed by atoms with Crippen LogP contribution < -0.4 is 0 Å². The molecule has 0 amide bonds. The Morgan fingerprint density at radius 1 is 1.04 bits per heavy atom. The van der Waals surface area contributed by atoms with Crippen molar-refractivity contribution in [2.45, 2.75) is 71.4 Å². The van der Waals surface area contributed by atoms with Crippen molar-refractivity contribution in [2.75, 3.05) is 39.3 Å². The van der Waals surface area contributed by atoms with Gasteiger partial charge in [-0.05, 0) is 51.1 Å². The lowest BCUT2D eigenvalue weighted by molar-refractivity contribution is 0.0951. The number of likely N-dealkylation sites (tertiary alicyclic amines) is 2. The quantitative estimate of drug-likeness (QED) is 0.842. The van der Waals surface area contributed by atoms with E-state index >= 15 is 0 Å². The zero-order chi connectivity index (χ0) is 18.6. The van der Waals surface area contributed by atoms with Gasteiger partial charge in [0.1, 0.15) is 5.69 Å². The van der Waals surface area contributed by atoms with Crippen LogP contribution in [0.4, 0.5) is 0 Å². The highest BCUT2D eigenvalue weighted by atomic mass is 16.3. The minimum atomic E-state index is -0.538. The summed E-state index contributed by atoms with van der Waals surface area (Å²) in [6, 6.07) is 0.417. The maximum absolute atomic E-state index is 9.63. The maximum atomic E-state index is 9.63. The lowest BCUT2D eigenvalue weighted by atomic mass is 9.90. The smallest absolute Gasteiger partial charge is 0.111 e. The third-order valence-corrected chi connectivity index (χ3v) is 5.89. The third kappa shape index (κ3) is 5.51. The average Bonchev–Trinajstić information content (AvgIpc) is 2.95. The Kier molecular flexibility index (Phi) is 6.70. The van der Waals surface area contributed by atoms with E-state index < -0.39 is 6.10 Å². The number of hydrogen-bond donors (Lipinski definition) is 1. The zero-order valence-corrected chi connectivity index (χ0v) is 16.9. The Morgan fingerprint density at radius 2 is 1.62 bits per heavy atom. The molecule has 1 unspecified atom stereocenters. The van der Waals surface area contributed by atoms with Crippen molar-refractivity contribution >= 4 is 0 Å².